The van der Waals surface area contributed by atoms with E-state index in [0.717, 1.165) is 25.0 Å². The van der Waals surface area contributed by atoms with Crippen LogP contribution in [0.1, 0.15) is 43.0 Å². The highest BCUT2D eigenvalue weighted by Crippen LogP contribution is 2.40. The number of hydrogen-bond donors (Lipinski definition) is 2. The summed E-state index contributed by atoms with van der Waals surface area (Å²) in [6.45, 7) is 7.92. The first kappa shape index (κ1) is 23.9. The van der Waals surface area contributed by atoms with Gasteiger partial charge in [0.1, 0.15) is 0 Å². The van der Waals surface area contributed by atoms with Crippen LogP contribution in [0.4, 0.5) is 13.2 Å². The third kappa shape index (κ3) is 5.60. The molecule has 6 heteroatoms. The first-order chi connectivity index (χ1) is 14.5. The molecule has 2 rings (SSSR count). The number of rotatable bonds is 6. The van der Waals surface area contributed by atoms with Gasteiger partial charge in [-0.1, -0.05) is 55.1 Å². The molecule has 0 amide bonds. The van der Waals surface area contributed by atoms with E-state index in [1.807, 2.05) is 37.3 Å². The zero-order valence-electron chi connectivity index (χ0n) is 17.7. The number of ether oxygens (including phenoxy) is 1. The molecule has 0 unspecified atom stereocenters. The van der Waals surface area contributed by atoms with Crippen LogP contribution in [0.5, 0.6) is 0 Å². The summed E-state index contributed by atoms with van der Waals surface area (Å²) in [5.41, 5.74) is 0.680. The Balaban J connectivity index is 2.12. The largest absolute Gasteiger partial charge is 0.421 e. The summed E-state index contributed by atoms with van der Waals surface area (Å²) in [6, 6.07) is 12.5. The average Bonchev–Trinajstić information content (AvgIpc) is 2.74. The van der Waals surface area contributed by atoms with Gasteiger partial charge in [0.15, 0.2) is 0 Å². The lowest BCUT2D eigenvalue weighted by molar-refractivity contribution is -0.180. The van der Waals surface area contributed by atoms with Crippen molar-refractivity contribution in [2.45, 2.75) is 32.4 Å². The smallest absolute Gasteiger partial charge is 0.397 e. The van der Waals surface area contributed by atoms with Crippen molar-refractivity contribution in [1.29, 1.82) is 10.8 Å². The molecule has 3 nitrogen and oxygen atoms in total. The zero-order valence-corrected chi connectivity index (χ0v) is 17.7. The van der Waals surface area contributed by atoms with E-state index in [1.54, 1.807) is 18.2 Å². The molecule has 2 N–H and O–H groups in total. The fraction of sp³-hybridized carbons (Fsp3) is 0.200. The van der Waals surface area contributed by atoms with Crippen LogP contribution < -0.4 is 0 Å². The first-order valence-corrected chi connectivity index (χ1v) is 9.60. The summed E-state index contributed by atoms with van der Waals surface area (Å²) in [5.74, 6) is -0.543. The number of benzene rings is 2. The monoisotopic (exact) mass is 426 g/mol. The van der Waals surface area contributed by atoms with Gasteiger partial charge in [-0.3, -0.25) is 10.8 Å². The Morgan fingerprint density at radius 1 is 0.871 bits per heavy atom. The summed E-state index contributed by atoms with van der Waals surface area (Å²) in [7, 11) is 0. The standard InChI is InChI=1S/C25H25F3N2O/c1-5-7-8-17(6-2)18-9-11-19(12-10-18)22(29)31-23(30)20-13-15-21(16-14-20)24(3,4)25(26,27)28/h5-16,29-30H,2H2,1,3-4H3/b7-5-,17-8+,29-22?,30-23?. The van der Waals surface area contributed by atoms with Crippen LogP contribution in [0.25, 0.3) is 5.57 Å². The summed E-state index contributed by atoms with van der Waals surface area (Å²) in [5, 5.41) is 16.2. The van der Waals surface area contributed by atoms with E-state index < -0.39 is 11.6 Å². The Hall–Kier alpha value is -3.41. The minimum absolute atomic E-state index is 0.0891. The third-order valence-electron chi connectivity index (χ3n) is 4.95. The van der Waals surface area contributed by atoms with E-state index in [-0.39, 0.29) is 22.9 Å². The molecule has 0 saturated carbocycles. The van der Waals surface area contributed by atoms with Gasteiger partial charge in [0, 0.05) is 11.1 Å². The number of alkyl halides is 3. The Morgan fingerprint density at radius 2 is 1.32 bits per heavy atom. The fourth-order valence-electron chi connectivity index (χ4n) is 2.72. The molecule has 0 spiro atoms. The van der Waals surface area contributed by atoms with Crippen molar-refractivity contribution >= 4 is 17.4 Å². The van der Waals surface area contributed by atoms with Crippen molar-refractivity contribution in [2.24, 2.45) is 0 Å². The van der Waals surface area contributed by atoms with Crippen molar-refractivity contribution in [3.05, 3.63) is 102 Å². The molecular formula is C25H25F3N2O. The molecule has 0 saturated heterocycles. The van der Waals surface area contributed by atoms with Gasteiger partial charge in [0.05, 0.1) is 5.41 Å². The minimum atomic E-state index is -4.39. The first-order valence-electron chi connectivity index (χ1n) is 9.60. The Morgan fingerprint density at radius 3 is 1.74 bits per heavy atom. The molecule has 31 heavy (non-hydrogen) atoms. The molecule has 0 heterocycles. The van der Waals surface area contributed by atoms with E-state index in [9.17, 15) is 13.2 Å². The van der Waals surface area contributed by atoms with E-state index in [0.29, 0.717) is 5.56 Å². The predicted molar refractivity (Wildman–Crippen MR) is 120 cm³/mol. The highest BCUT2D eigenvalue weighted by Gasteiger charge is 2.48. The second-order valence-electron chi connectivity index (χ2n) is 7.39. The van der Waals surface area contributed by atoms with Gasteiger partial charge in [-0.25, -0.2) is 0 Å². The number of nitrogens with one attached hydrogen (secondary N) is 2. The quantitative estimate of drug-likeness (QED) is 0.290. The Kier molecular flexibility index (Phi) is 7.39. The van der Waals surface area contributed by atoms with Gasteiger partial charge >= 0.3 is 6.18 Å². The fourth-order valence-corrected chi connectivity index (χ4v) is 2.72. The summed E-state index contributed by atoms with van der Waals surface area (Å²) < 4.78 is 44.9. The molecule has 162 valence electrons. The lowest BCUT2D eigenvalue weighted by atomic mass is 9.83. The van der Waals surface area contributed by atoms with Crippen LogP contribution in [0.15, 0.2) is 79.4 Å². The van der Waals surface area contributed by atoms with Crippen molar-refractivity contribution in [3.8, 4) is 0 Å². The minimum Gasteiger partial charge on any atom is -0.421 e. The van der Waals surface area contributed by atoms with Gasteiger partial charge in [0.25, 0.3) is 0 Å². The lowest BCUT2D eigenvalue weighted by Crippen LogP contribution is -2.36. The van der Waals surface area contributed by atoms with Gasteiger partial charge in [0.2, 0.25) is 11.8 Å². The summed E-state index contributed by atoms with van der Waals surface area (Å²) in [4.78, 5) is 0. The van der Waals surface area contributed by atoms with Gasteiger partial charge in [-0.05, 0) is 61.7 Å². The molecule has 0 bridgehead atoms. The molecule has 0 aliphatic rings. The van der Waals surface area contributed by atoms with E-state index >= 15 is 0 Å². The van der Waals surface area contributed by atoms with Crippen LogP contribution in [-0.2, 0) is 10.2 Å². The van der Waals surface area contributed by atoms with Crippen LogP contribution in [0.2, 0.25) is 0 Å². The highest BCUT2D eigenvalue weighted by molar-refractivity contribution is 6.04. The highest BCUT2D eigenvalue weighted by atomic mass is 19.4. The molecule has 0 fully saturated rings. The van der Waals surface area contributed by atoms with Crippen LogP contribution >= 0.6 is 0 Å². The normalized spacial score (nSPS) is 12.6. The Bertz CT molecular complexity index is 1010. The second kappa shape index (κ2) is 9.60. The van der Waals surface area contributed by atoms with Gasteiger partial charge in [-0.2, -0.15) is 13.2 Å². The van der Waals surface area contributed by atoms with Crippen LogP contribution in [0, 0.1) is 10.8 Å². The predicted octanol–water partition coefficient (Wildman–Crippen LogP) is 7.04. The van der Waals surface area contributed by atoms with Crippen molar-refractivity contribution < 1.29 is 17.9 Å². The molecule has 2 aromatic rings. The van der Waals surface area contributed by atoms with E-state index in [4.69, 9.17) is 15.6 Å². The molecular weight excluding hydrogens is 401 g/mol. The maximum Gasteiger partial charge on any atom is 0.397 e. The Labute approximate surface area is 180 Å². The van der Waals surface area contributed by atoms with E-state index in [2.05, 4.69) is 6.58 Å². The van der Waals surface area contributed by atoms with Gasteiger partial charge in [-0.15, -0.1) is 0 Å². The number of halogens is 3. The second-order valence-corrected chi connectivity index (χ2v) is 7.39. The molecule has 0 atom stereocenters. The molecule has 0 radical (unpaired) electrons. The molecule has 2 aromatic carbocycles. The maximum absolute atomic E-state index is 13.2. The molecule has 0 aromatic heterocycles. The lowest BCUT2D eigenvalue weighted by Gasteiger charge is -2.28. The van der Waals surface area contributed by atoms with Crippen LogP contribution in [-0.4, -0.2) is 18.0 Å². The third-order valence-corrected chi connectivity index (χ3v) is 4.95. The maximum atomic E-state index is 13.2. The van der Waals surface area contributed by atoms with Crippen molar-refractivity contribution in [2.75, 3.05) is 0 Å². The van der Waals surface area contributed by atoms with E-state index in [1.165, 1.54) is 24.3 Å². The number of allylic oxidation sites excluding steroid dienone is 5. The van der Waals surface area contributed by atoms with Crippen molar-refractivity contribution in [1.82, 2.24) is 0 Å². The van der Waals surface area contributed by atoms with Crippen LogP contribution in [0.3, 0.4) is 0 Å². The average molecular weight is 426 g/mol. The molecule has 0 aliphatic carbocycles. The van der Waals surface area contributed by atoms with Gasteiger partial charge < -0.3 is 4.74 Å². The van der Waals surface area contributed by atoms with Crippen molar-refractivity contribution in [3.63, 3.8) is 0 Å². The number of hydrogen-bond acceptors (Lipinski definition) is 3. The topological polar surface area (TPSA) is 56.9 Å². The zero-order chi connectivity index (χ0) is 23.2. The molecule has 0 aliphatic heterocycles. The SMILES string of the molecule is C=C/C(=C\C=C/C)c1ccc(C(=N)OC(=N)c2ccc(C(C)(C)C(F)(F)F)cc2)cc1. The summed E-state index contributed by atoms with van der Waals surface area (Å²) in [6.07, 6.45) is 3.07. The summed E-state index contributed by atoms with van der Waals surface area (Å²) >= 11 is 0.